The van der Waals surface area contributed by atoms with Crippen molar-refractivity contribution in [3.63, 3.8) is 0 Å². The van der Waals surface area contributed by atoms with Crippen LogP contribution in [0.2, 0.25) is 0 Å². The Balaban J connectivity index is 1.59. The van der Waals surface area contributed by atoms with E-state index in [-0.39, 0.29) is 6.10 Å². The molecule has 3 rings (SSSR count). The molecular weight excluding hydrogens is 362 g/mol. The molecule has 0 radical (unpaired) electrons. The van der Waals surface area contributed by atoms with Crippen molar-refractivity contribution in [3.8, 4) is 0 Å². The van der Waals surface area contributed by atoms with Crippen molar-refractivity contribution in [1.82, 2.24) is 9.88 Å². The second kappa shape index (κ2) is 10.5. The van der Waals surface area contributed by atoms with Crippen LogP contribution in [0.1, 0.15) is 36.0 Å². The summed E-state index contributed by atoms with van der Waals surface area (Å²) in [6.07, 6.45) is 12.6. The molecule has 1 fully saturated rings. The smallest absolute Gasteiger partial charge is 0.0553 e. The highest BCUT2D eigenvalue weighted by Gasteiger charge is 2.14. The highest BCUT2D eigenvalue weighted by Crippen LogP contribution is 2.18. The number of aliphatic hydroxyl groups excluding tert-OH is 1. The molecule has 0 bridgehead atoms. The summed E-state index contributed by atoms with van der Waals surface area (Å²) in [6, 6.07) is 10.3. The molecule has 1 aromatic heterocycles. The number of likely N-dealkylation sites (tertiary alicyclic amines) is 1. The maximum absolute atomic E-state index is 9.78. The number of hydrogen-bond donors (Lipinski definition) is 4. The Hall–Kier alpha value is -2.96. The van der Waals surface area contributed by atoms with E-state index in [0.717, 1.165) is 55.7 Å². The Bertz CT molecular complexity index is 860. The third-order valence-corrected chi connectivity index (χ3v) is 5.16. The fraction of sp³-hybridized carbons (Fsp3) is 0.304. The number of aromatic nitrogens is 1. The zero-order valence-electron chi connectivity index (χ0n) is 16.6. The summed E-state index contributed by atoms with van der Waals surface area (Å²) >= 11 is 0. The molecule has 6 nitrogen and oxygen atoms in total. The Morgan fingerprint density at radius 1 is 1.24 bits per heavy atom. The van der Waals surface area contributed by atoms with Crippen LogP contribution in [-0.2, 0) is 6.54 Å². The molecule has 2 heterocycles. The Kier molecular flexibility index (Phi) is 7.55. The Morgan fingerprint density at radius 3 is 2.83 bits per heavy atom. The van der Waals surface area contributed by atoms with E-state index in [1.165, 1.54) is 18.0 Å². The second-order valence-electron chi connectivity index (χ2n) is 7.26. The maximum Gasteiger partial charge on any atom is 0.0553 e. The van der Waals surface area contributed by atoms with Crippen molar-refractivity contribution in [2.75, 3.05) is 18.4 Å². The molecule has 29 heavy (non-hydrogen) atoms. The maximum atomic E-state index is 9.78. The van der Waals surface area contributed by atoms with Crippen LogP contribution in [0, 0.1) is 5.41 Å². The first-order chi connectivity index (χ1) is 14.2. The number of nitrogens with one attached hydrogen (secondary N) is 2. The molecule has 0 amide bonds. The van der Waals surface area contributed by atoms with E-state index in [1.54, 1.807) is 12.4 Å². The molecule has 1 saturated heterocycles. The SMILES string of the molecule is N=CC(=CN)c1ccncc1/C=C/Nc1ccc(CN2CCCC(O)CC2)cc1. The summed E-state index contributed by atoms with van der Waals surface area (Å²) in [5.41, 5.74) is 10.3. The molecule has 0 spiro atoms. The van der Waals surface area contributed by atoms with E-state index >= 15 is 0 Å². The fourth-order valence-electron chi connectivity index (χ4n) is 3.51. The molecule has 1 aromatic carbocycles. The van der Waals surface area contributed by atoms with Gasteiger partial charge in [-0.3, -0.25) is 9.88 Å². The molecule has 0 saturated carbocycles. The van der Waals surface area contributed by atoms with Gasteiger partial charge in [0, 0.05) is 60.9 Å². The fourth-order valence-corrected chi connectivity index (χ4v) is 3.51. The first kappa shape index (κ1) is 20.8. The topological polar surface area (TPSA) is 98.3 Å². The number of nitrogens with zero attached hydrogens (tertiary/aromatic N) is 2. The van der Waals surface area contributed by atoms with E-state index in [2.05, 4.69) is 39.5 Å². The van der Waals surface area contributed by atoms with Crippen molar-refractivity contribution in [3.05, 3.63) is 71.8 Å². The predicted molar refractivity (Wildman–Crippen MR) is 119 cm³/mol. The van der Waals surface area contributed by atoms with Crippen molar-refractivity contribution < 1.29 is 5.11 Å². The van der Waals surface area contributed by atoms with Crippen LogP contribution in [0.15, 0.2) is 55.1 Å². The number of aliphatic hydroxyl groups is 1. The van der Waals surface area contributed by atoms with Crippen LogP contribution in [0.3, 0.4) is 0 Å². The lowest BCUT2D eigenvalue weighted by Gasteiger charge is -2.20. The lowest BCUT2D eigenvalue weighted by molar-refractivity contribution is 0.154. The zero-order chi connectivity index (χ0) is 20.5. The molecule has 1 aliphatic heterocycles. The average Bonchev–Trinajstić information content (AvgIpc) is 2.95. The van der Waals surface area contributed by atoms with Gasteiger partial charge in [0.2, 0.25) is 0 Å². The van der Waals surface area contributed by atoms with Crippen LogP contribution < -0.4 is 11.1 Å². The number of nitrogens with two attached hydrogens (primary N) is 1. The highest BCUT2D eigenvalue weighted by molar-refractivity contribution is 6.09. The first-order valence-corrected chi connectivity index (χ1v) is 9.99. The van der Waals surface area contributed by atoms with Crippen molar-refractivity contribution >= 4 is 23.6 Å². The normalized spacial score (nSPS) is 18.5. The monoisotopic (exact) mass is 391 g/mol. The largest absolute Gasteiger partial charge is 0.404 e. The minimum absolute atomic E-state index is 0.144. The molecule has 152 valence electrons. The number of benzene rings is 1. The average molecular weight is 392 g/mol. The molecular formula is C23H29N5O. The van der Waals surface area contributed by atoms with E-state index < -0.39 is 0 Å². The quantitative estimate of drug-likeness (QED) is 0.542. The van der Waals surface area contributed by atoms with Crippen molar-refractivity contribution in [2.45, 2.75) is 31.9 Å². The third-order valence-electron chi connectivity index (χ3n) is 5.16. The number of anilines is 1. The minimum Gasteiger partial charge on any atom is -0.404 e. The zero-order valence-corrected chi connectivity index (χ0v) is 16.6. The molecule has 1 unspecified atom stereocenters. The van der Waals surface area contributed by atoms with E-state index in [9.17, 15) is 5.11 Å². The molecule has 5 N–H and O–H groups in total. The molecule has 2 aromatic rings. The number of pyridine rings is 1. The van der Waals surface area contributed by atoms with Crippen LogP contribution in [-0.4, -0.2) is 40.4 Å². The van der Waals surface area contributed by atoms with Crippen molar-refractivity contribution in [2.24, 2.45) is 5.73 Å². The highest BCUT2D eigenvalue weighted by atomic mass is 16.3. The van der Waals surface area contributed by atoms with Gasteiger partial charge in [0.15, 0.2) is 0 Å². The van der Waals surface area contributed by atoms with Crippen LogP contribution in [0.5, 0.6) is 0 Å². The lowest BCUT2D eigenvalue weighted by atomic mass is 10.0. The van der Waals surface area contributed by atoms with Gasteiger partial charge in [0.1, 0.15) is 0 Å². The molecule has 1 aliphatic rings. The van der Waals surface area contributed by atoms with Crippen molar-refractivity contribution in [1.29, 1.82) is 5.41 Å². The van der Waals surface area contributed by atoms with Gasteiger partial charge in [-0.2, -0.15) is 0 Å². The van der Waals surface area contributed by atoms with Gasteiger partial charge >= 0.3 is 0 Å². The summed E-state index contributed by atoms with van der Waals surface area (Å²) in [4.78, 5) is 6.57. The Morgan fingerprint density at radius 2 is 2.07 bits per heavy atom. The third kappa shape index (κ3) is 6.01. The summed E-state index contributed by atoms with van der Waals surface area (Å²) < 4.78 is 0. The van der Waals surface area contributed by atoms with Gasteiger partial charge in [-0.05, 0) is 61.2 Å². The summed E-state index contributed by atoms with van der Waals surface area (Å²) in [5.74, 6) is 0. The number of hydrogen-bond acceptors (Lipinski definition) is 6. The first-order valence-electron chi connectivity index (χ1n) is 9.99. The lowest BCUT2D eigenvalue weighted by Crippen LogP contribution is -2.24. The second-order valence-corrected chi connectivity index (χ2v) is 7.26. The predicted octanol–water partition coefficient (Wildman–Crippen LogP) is 3.46. The van der Waals surface area contributed by atoms with Gasteiger partial charge in [-0.1, -0.05) is 12.1 Å². The van der Waals surface area contributed by atoms with Gasteiger partial charge < -0.3 is 21.6 Å². The molecule has 6 heteroatoms. The van der Waals surface area contributed by atoms with Crippen LogP contribution in [0.4, 0.5) is 5.69 Å². The van der Waals surface area contributed by atoms with Crippen LogP contribution >= 0.6 is 0 Å². The van der Waals surface area contributed by atoms with Gasteiger partial charge in [0.05, 0.1) is 6.10 Å². The van der Waals surface area contributed by atoms with E-state index in [4.69, 9.17) is 11.1 Å². The summed E-state index contributed by atoms with van der Waals surface area (Å²) in [6.45, 7) is 2.91. The van der Waals surface area contributed by atoms with Crippen LogP contribution in [0.25, 0.3) is 11.6 Å². The number of allylic oxidation sites excluding steroid dienone is 1. The molecule has 0 aliphatic carbocycles. The van der Waals surface area contributed by atoms with E-state index in [0.29, 0.717) is 5.57 Å². The van der Waals surface area contributed by atoms with Gasteiger partial charge in [0.25, 0.3) is 0 Å². The number of rotatable bonds is 7. The summed E-state index contributed by atoms with van der Waals surface area (Å²) in [5, 5.41) is 20.6. The summed E-state index contributed by atoms with van der Waals surface area (Å²) in [7, 11) is 0. The Labute approximate surface area is 172 Å². The minimum atomic E-state index is -0.144. The van der Waals surface area contributed by atoms with Gasteiger partial charge in [-0.25, -0.2) is 0 Å². The standard InChI is InChI=1S/C23H29N5O/c24-14-20(15-25)23-8-10-26-16-19(23)7-11-27-21-5-3-18(4-6-21)17-28-12-1-2-22(29)9-13-28/h3-8,10-11,14-16,22,24,27,29H,1-2,9,12-13,17,25H2/b11-7+,20-15?,24-14?. The molecule has 1 atom stereocenters. The van der Waals surface area contributed by atoms with Gasteiger partial charge in [-0.15, -0.1) is 0 Å². The van der Waals surface area contributed by atoms with E-state index in [1.807, 2.05) is 18.3 Å².